The Morgan fingerprint density at radius 1 is 1.05 bits per heavy atom. The highest BCUT2D eigenvalue weighted by atomic mass is 31.2. The maximum atomic E-state index is 14.3. The number of nitrogen functional groups attached to an aromatic ring is 1. The van der Waals surface area contributed by atoms with Gasteiger partial charge in [-0.1, -0.05) is 96.8 Å². The number of esters is 2. The lowest BCUT2D eigenvalue weighted by molar-refractivity contribution is -0.161. The molecule has 1 aliphatic rings. The molecule has 3 aromatic rings. The summed E-state index contributed by atoms with van der Waals surface area (Å²) in [5.74, 6) is -0.962. The number of nitrogens with one attached hydrogen (secondary N) is 1. The normalized spacial score (nSPS) is 20.9. The van der Waals surface area contributed by atoms with Crippen molar-refractivity contribution in [2.75, 3.05) is 32.2 Å². The van der Waals surface area contributed by atoms with Gasteiger partial charge < -0.3 is 34.3 Å². The molecule has 0 saturated carbocycles. The van der Waals surface area contributed by atoms with Gasteiger partial charge in [-0.25, -0.2) is 14.1 Å². The molecular formula is C40H59N6O10P. The predicted octanol–water partition coefficient (Wildman–Crippen LogP) is 6.41. The number of fused-ring (bicyclic) bond motifs is 1. The van der Waals surface area contributed by atoms with Crippen LogP contribution in [0, 0.1) is 17.2 Å². The van der Waals surface area contributed by atoms with Crippen molar-refractivity contribution in [3.8, 4) is 11.8 Å². The molecule has 0 unspecified atom stereocenters. The Bertz CT molecular complexity index is 1790. The summed E-state index contributed by atoms with van der Waals surface area (Å²) < 4.78 is 50.5. The summed E-state index contributed by atoms with van der Waals surface area (Å²) in [4.78, 5) is 30.2. The van der Waals surface area contributed by atoms with Crippen LogP contribution in [0.15, 0.2) is 48.8 Å². The minimum Gasteiger partial charge on any atom is -0.464 e. The molecule has 314 valence electrons. The topological polar surface area (TPSA) is 219 Å². The van der Waals surface area contributed by atoms with E-state index in [-0.39, 0.29) is 42.8 Å². The van der Waals surface area contributed by atoms with Gasteiger partial charge in [0.2, 0.25) is 5.60 Å². The Hall–Kier alpha value is -4.10. The third-order valence-corrected chi connectivity index (χ3v) is 11.7. The van der Waals surface area contributed by atoms with E-state index >= 15 is 0 Å². The lowest BCUT2D eigenvalue weighted by Crippen LogP contribution is -2.44. The van der Waals surface area contributed by atoms with Gasteiger partial charge in [-0.05, 0) is 43.5 Å². The smallest absolute Gasteiger partial charge is 0.459 e. The second kappa shape index (κ2) is 22.7. The van der Waals surface area contributed by atoms with Crippen molar-refractivity contribution in [3.63, 3.8) is 0 Å². The predicted molar refractivity (Wildman–Crippen MR) is 212 cm³/mol. The molecule has 0 spiro atoms. The van der Waals surface area contributed by atoms with Crippen molar-refractivity contribution in [1.82, 2.24) is 19.7 Å². The first-order valence-corrected chi connectivity index (χ1v) is 21.6. The van der Waals surface area contributed by atoms with Gasteiger partial charge in [-0.2, -0.15) is 15.4 Å². The molecule has 0 amide bonds. The lowest BCUT2D eigenvalue weighted by Gasteiger charge is -2.27. The number of para-hydroxylation sites is 1. The summed E-state index contributed by atoms with van der Waals surface area (Å²) in [6, 6.07) is 12.2. The van der Waals surface area contributed by atoms with Crippen molar-refractivity contribution in [3.05, 3.63) is 54.5 Å². The number of hydrogen-bond donors (Lipinski definition) is 3. The Morgan fingerprint density at radius 2 is 1.75 bits per heavy atom. The van der Waals surface area contributed by atoms with Crippen LogP contribution in [0.2, 0.25) is 0 Å². The van der Waals surface area contributed by atoms with Crippen molar-refractivity contribution in [2.24, 2.45) is 5.92 Å². The summed E-state index contributed by atoms with van der Waals surface area (Å²) in [5, 5.41) is 29.4. The molecule has 0 radical (unpaired) electrons. The van der Waals surface area contributed by atoms with Gasteiger partial charge in [-0.3, -0.25) is 14.1 Å². The van der Waals surface area contributed by atoms with E-state index < -0.39 is 56.2 Å². The molecule has 57 heavy (non-hydrogen) atoms. The maximum Gasteiger partial charge on any atom is 0.459 e. The number of carbonyl (C=O) groups is 2. The van der Waals surface area contributed by atoms with Crippen LogP contribution in [0.25, 0.3) is 5.52 Å². The van der Waals surface area contributed by atoms with Crippen LogP contribution in [-0.2, 0) is 43.2 Å². The fraction of sp³-hybridized carbons (Fsp3) is 0.625. The first-order valence-electron chi connectivity index (χ1n) is 20.1. The number of benzene rings is 1. The van der Waals surface area contributed by atoms with Gasteiger partial charge in [0.05, 0.1) is 31.9 Å². The molecule has 3 heterocycles. The Balaban J connectivity index is 1.49. The first-order chi connectivity index (χ1) is 27.5. The second-order valence-corrected chi connectivity index (χ2v) is 16.0. The number of aromatic nitrogens is 3. The molecule has 16 nitrogen and oxygen atoms in total. The molecule has 1 saturated heterocycles. The van der Waals surface area contributed by atoms with Gasteiger partial charge >= 0.3 is 19.7 Å². The zero-order chi connectivity index (χ0) is 41.3. The van der Waals surface area contributed by atoms with Crippen LogP contribution < -0.4 is 15.3 Å². The molecule has 0 aliphatic carbocycles. The second-order valence-electron chi connectivity index (χ2n) is 14.3. The maximum absolute atomic E-state index is 14.3. The summed E-state index contributed by atoms with van der Waals surface area (Å²) in [7, 11) is -4.42. The molecule has 0 bridgehead atoms. The van der Waals surface area contributed by atoms with Crippen molar-refractivity contribution >= 4 is 31.0 Å². The number of nitrogens with zero attached hydrogens (tertiary/aromatic N) is 4. The van der Waals surface area contributed by atoms with E-state index in [1.54, 1.807) is 36.4 Å². The average molecular weight is 815 g/mol. The largest absolute Gasteiger partial charge is 0.464 e. The van der Waals surface area contributed by atoms with Crippen LogP contribution in [-0.4, -0.2) is 82.4 Å². The van der Waals surface area contributed by atoms with E-state index in [9.17, 15) is 24.5 Å². The molecule has 1 fully saturated rings. The van der Waals surface area contributed by atoms with E-state index in [0.29, 0.717) is 12.1 Å². The SMILES string of the molecule is CCCCCCCCCCOCCC(=O)O[C@@H]1[C@H](O)[C@@H](CO[P@@](=O)(N[C@H](C)C(=O)OCC(CC)CC)Oc2ccccc2)O[C@@]1(C#N)c1ccc2c(N)ncnn12. The average Bonchev–Trinajstić information content (AvgIpc) is 3.76. The highest BCUT2D eigenvalue weighted by Crippen LogP contribution is 2.48. The summed E-state index contributed by atoms with van der Waals surface area (Å²) in [5.41, 5.74) is 4.37. The van der Waals surface area contributed by atoms with Crippen LogP contribution in [0.3, 0.4) is 0 Å². The van der Waals surface area contributed by atoms with Gasteiger partial charge in [0.15, 0.2) is 11.9 Å². The Labute approximate surface area is 335 Å². The number of rotatable bonds is 26. The van der Waals surface area contributed by atoms with Crippen LogP contribution in [0.1, 0.15) is 104 Å². The monoisotopic (exact) mass is 814 g/mol. The van der Waals surface area contributed by atoms with E-state index in [1.165, 1.54) is 55.9 Å². The van der Waals surface area contributed by atoms with Crippen LogP contribution in [0.5, 0.6) is 5.75 Å². The standard InChI is InChI=1S/C40H59N6O10P/c1-5-8-9-10-11-12-13-17-23-51-24-22-35(47)54-37-36(48)33(55-40(37,27-41)34-21-20-32-38(42)43-28-44-46(32)34)26-53-57(50,56-31-18-15-14-16-19-31)45-29(4)39(49)52-25-30(6-2)7-3/h14-16,18-21,28-30,33,36-37,48H,5-13,17,22-26H2,1-4H3,(H,45,50)(H2,42,43,44)/t29-,33-,36-,37-,40+,57+/m1/s1. The number of unbranched alkanes of at least 4 members (excludes halogenated alkanes) is 7. The number of aliphatic hydroxyl groups is 1. The van der Waals surface area contributed by atoms with Crippen molar-refractivity contribution in [2.45, 2.75) is 128 Å². The molecule has 1 aliphatic heterocycles. The lowest BCUT2D eigenvalue weighted by atomic mass is 9.92. The highest BCUT2D eigenvalue weighted by molar-refractivity contribution is 7.52. The Kier molecular flexibility index (Phi) is 18.2. The van der Waals surface area contributed by atoms with Crippen LogP contribution in [0.4, 0.5) is 5.82 Å². The summed E-state index contributed by atoms with van der Waals surface area (Å²) in [6.45, 7) is 7.79. The zero-order valence-corrected chi connectivity index (χ0v) is 34.4. The molecular weight excluding hydrogens is 755 g/mol. The molecule has 6 atom stereocenters. The molecule has 1 aromatic carbocycles. The first kappa shape index (κ1) is 45.6. The van der Waals surface area contributed by atoms with E-state index in [0.717, 1.165) is 32.1 Å². The molecule has 4 N–H and O–H groups in total. The molecule has 4 rings (SSSR count). The van der Waals surface area contributed by atoms with Gasteiger partial charge in [0.25, 0.3) is 0 Å². The zero-order valence-electron chi connectivity index (χ0n) is 33.5. The number of nitriles is 1. The highest BCUT2D eigenvalue weighted by Gasteiger charge is 2.61. The molecule has 2 aromatic heterocycles. The Morgan fingerprint density at radius 3 is 2.44 bits per heavy atom. The van der Waals surface area contributed by atoms with Crippen molar-refractivity contribution < 1.29 is 47.3 Å². The van der Waals surface area contributed by atoms with Gasteiger partial charge in [0.1, 0.15) is 41.9 Å². The fourth-order valence-electron chi connectivity index (χ4n) is 6.50. The number of nitrogens with two attached hydrogens (primary N) is 1. The third-order valence-electron chi connectivity index (χ3n) is 10.0. The van der Waals surface area contributed by atoms with E-state index in [2.05, 4.69) is 28.2 Å². The molecule has 17 heteroatoms. The quantitative estimate of drug-likeness (QED) is 0.0453. The van der Waals surface area contributed by atoms with E-state index in [1.807, 2.05) is 13.8 Å². The summed E-state index contributed by atoms with van der Waals surface area (Å²) >= 11 is 0. The van der Waals surface area contributed by atoms with Crippen LogP contribution >= 0.6 is 7.75 Å². The number of aliphatic hydroxyl groups excluding tert-OH is 1. The summed E-state index contributed by atoms with van der Waals surface area (Å²) in [6.07, 6.45) is 7.20. The number of carbonyl (C=O) groups excluding carboxylic acids is 2. The van der Waals surface area contributed by atoms with Gasteiger partial charge in [-0.15, -0.1) is 0 Å². The van der Waals surface area contributed by atoms with Crippen molar-refractivity contribution in [1.29, 1.82) is 5.26 Å². The minimum atomic E-state index is -4.42. The minimum absolute atomic E-state index is 0.0761. The number of anilines is 1. The van der Waals surface area contributed by atoms with E-state index in [4.69, 9.17) is 33.7 Å². The van der Waals surface area contributed by atoms with Gasteiger partial charge in [0, 0.05) is 6.61 Å². The number of hydrogen-bond acceptors (Lipinski definition) is 14. The number of ether oxygens (including phenoxy) is 4. The third kappa shape index (κ3) is 12.7. The fourth-order valence-corrected chi connectivity index (χ4v) is 8.00.